The van der Waals surface area contributed by atoms with Crippen molar-refractivity contribution in [3.63, 3.8) is 0 Å². The van der Waals surface area contributed by atoms with Gasteiger partial charge in [-0.3, -0.25) is 0 Å². The number of rotatable bonds is 4. The number of pyridine rings is 1. The largest absolute Gasteiger partial charge is 0.481 e. The number of piperidine rings is 1. The molecule has 0 radical (unpaired) electrons. The van der Waals surface area contributed by atoms with Crippen LogP contribution < -0.4 is 4.74 Å². The van der Waals surface area contributed by atoms with Crippen molar-refractivity contribution in [3.05, 3.63) is 23.4 Å². The predicted molar refractivity (Wildman–Crippen MR) is 90.8 cm³/mol. The van der Waals surface area contributed by atoms with E-state index in [1.54, 1.807) is 20.8 Å². The number of carbonyl (C=O) groups is 1. The lowest BCUT2D eigenvalue weighted by Gasteiger charge is -2.39. The Labute approximate surface area is 159 Å². The Balaban J connectivity index is 2.35. The van der Waals surface area contributed by atoms with Crippen LogP contribution >= 0.6 is 0 Å². The van der Waals surface area contributed by atoms with Crippen molar-refractivity contribution in [1.82, 2.24) is 9.88 Å². The molecule has 0 saturated carbocycles. The number of nitrogens with zero attached hydrogens (tertiary/aromatic N) is 2. The Kier molecular flexibility index (Phi) is 6.40. The highest BCUT2D eigenvalue weighted by atomic mass is 19.3. The molecule has 1 aliphatic rings. The molecule has 10 heteroatoms. The highest BCUT2D eigenvalue weighted by Crippen LogP contribution is 2.42. The molecule has 2 unspecified atom stereocenters. The van der Waals surface area contributed by atoms with Gasteiger partial charge in [0, 0.05) is 25.7 Å². The smallest absolute Gasteiger partial charge is 0.410 e. The van der Waals surface area contributed by atoms with Gasteiger partial charge in [-0.15, -0.1) is 0 Å². The zero-order valence-corrected chi connectivity index (χ0v) is 16.0. The molecule has 158 valence electrons. The van der Waals surface area contributed by atoms with Crippen molar-refractivity contribution in [2.24, 2.45) is 0 Å². The van der Waals surface area contributed by atoms with Crippen LogP contribution in [0.5, 0.6) is 5.88 Å². The molecule has 5 nitrogen and oxygen atoms in total. The molecule has 1 amide bonds. The summed E-state index contributed by atoms with van der Waals surface area (Å²) >= 11 is 0. The summed E-state index contributed by atoms with van der Waals surface area (Å²) in [5, 5.41) is 0. The first-order valence-electron chi connectivity index (χ1n) is 8.67. The van der Waals surface area contributed by atoms with E-state index in [-0.39, 0.29) is 12.1 Å². The Morgan fingerprint density at radius 1 is 1.32 bits per heavy atom. The van der Waals surface area contributed by atoms with E-state index < -0.39 is 60.5 Å². The number of aromatic nitrogens is 1. The van der Waals surface area contributed by atoms with E-state index >= 15 is 0 Å². The van der Waals surface area contributed by atoms with Crippen LogP contribution in [0.25, 0.3) is 0 Å². The normalized spacial score (nSPS) is 20.8. The molecule has 0 aromatic carbocycles. The number of carbonyl (C=O) groups excluding carboxylic acids is 1. The molecule has 2 atom stereocenters. The van der Waals surface area contributed by atoms with Gasteiger partial charge in [0.1, 0.15) is 5.60 Å². The monoisotopic (exact) mass is 410 g/mol. The molecule has 1 fully saturated rings. The third-order valence-corrected chi connectivity index (χ3v) is 4.29. The molecule has 1 saturated heterocycles. The topological polar surface area (TPSA) is 51.7 Å². The molecule has 0 N–H and O–H groups in total. The first kappa shape index (κ1) is 22.2. The lowest BCUT2D eigenvalue weighted by Crippen LogP contribution is -2.49. The summed E-state index contributed by atoms with van der Waals surface area (Å²) in [6.45, 7) is 4.30. The van der Waals surface area contributed by atoms with Crippen molar-refractivity contribution in [3.8, 4) is 5.88 Å². The summed E-state index contributed by atoms with van der Waals surface area (Å²) in [6, 6.07) is 0.903. The molecule has 0 bridgehead atoms. The molecule has 2 heterocycles. The van der Waals surface area contributed by atoms with E-state index in [1.807, 2.05) is 0 Å². The fraction of sp³-hybridized carbons (Fsp3) is 0.667. The van der Waals surface area contributed by atoms with Crippen LogP contribution in [0.4, 0.5) is 26.7 Å². The van der Waals surface area contributed by atoms with Crippen LogP contribution in [0.1, 0.15) is 50.4 Å². The van der Waals surface area contributed by atoms with Gasteiger partial charge in [-0.05, 0) is 32.4 Å². The van der Waals surface area contributed by atoms with Gasteiger partial charge in [0.05, 0.1) is 18.6 Å². The van der Waals surface area contributed by atoms with E-state index in [2.05, 4.69) is 4.98 Å². The highest BCUT2D eigenvalue weighted by Gasteiger charge is 2.47. The summed E-state index contributed by atoms with van der Waals surface area (Å²) in [5.41, 5.74) is -1.57. The Hall–Kier alpha value is -2.13. The molecular weight excluding hydrogens is 387 g/mol. The molecule has 28 heavy (non-hydrogen) atoms. The first-order chi connectivity index (χ1) is 12.9. The van der Waals surface area contributed by atoms with Gasteiger partial charge < -0.3 is 14.4 Å². The lowest BCUT2D eigenvalue weighted by atomic mass is 9.87. The number of halogens is 5. The number of alkyl halides is 5. The second-order valence-corrected chi connectivity index (χ2v) is 7.59. The van der Waals surface area contributed by atoms with Gasteiger partial charge in [-0.2, -0.15) is 0 Å². The Bertz CT molecular complexity index is 709. The van der Waals surface area contributed by atoms with Crippen LogP contribution in [0.3, 0.4) is 0 Å². The van der Waals surface area contributed by atoms with Crippen LogP contribution in [-0.4, -0.2) is 54.1 Å². The van der Waals surface area contributed by atoms with Crippen molar-refractivity contribution in [1.29, 1.82) is 0 Å². The average molecular weight is 410 g/mol. The van der Waals surface area contributed by atoms with Crippen molar-refractivity contribution in [2.45, 2.75) is 57.2 Å². The number of hydrogen-bond donors (Lipinski definition) is 0. The predicted octanol–water partition coefficient (Wildman–Crippen LogP) is 4.73. The maximum Gasteiger partial charge on any atom is 0.410 e. The summed E-state index contributed by atoms with van der Waals surface area (Å²) in [6.07, 6.45) is -6.48. The maximum absolute atomic E-state index is 14.5. The second-order valence-electron chi connectivity index (χ2n) is 7.59. The molecule has 1 aliphatic heterocycles. The van der Waals surface area contributed by atoms with Crippen molar-refractivity contribution in [2.75, 3.05) is 20.2 Å². The summed E-state index contributed by atoms with van der Waals surface area (Å²) in [4.78, 5) is 17.1. The quantitative estimate of drug-likeness (QED) is 0.674. The standard InChI is InChI=1S/C18H23F5N2O3/c1-17(2,3)28-16(26)25-6-5-18(22,23)12(9-25)10-7-11(13(19)14(20)21)15(27-4)24-8-10/h7-8,12-14H,5-6,9H2,1-4H3. The fourth-order valence-electron chi connectivity index (χ4n) is 2.93. The van der Waals surface area contributed by atoms with Gasteiger partial charge >= 0.3 is 6.09 Å². The van der Waals surface area contributed by atoms with Gasteiger partial charge in [-0.1, -0.05) is 0 Å². The minimum absolute atomic E-state index is 0.155. The van der Waals surface area contributed by atoms with Gasteiger partial charge in [0.2, 0.25) is 5.88 Å². The number of methoxy groups -OCH3 is 1. The maximum atomic E-state index is 14.5. The Morgan fingerprint density at radius 2 is 1.96 bits per heavy atom. The first-order valence-corrected chi connectivity index (χ1v) is 8.67. The minimum atomic E-state index is -3.36. The van der Waals surface area contributed by atoms with Gasteiger partial charge in [0.25, 0.3) is 12.3 Å². The van der Waals surface area contributed by atoms with Crippen LogP contribution in [0, 0.1) is 0 Å². The molecular formula is C18H23F5N2O3. The third-order valence-electron chi connectivity index (χ3n) is 4.29. The van der Waals surface area contributed by atoms with Gasteiger partial charge in [0.15, 0.2) is 6.17 Å². The van der Waals surface area contributed by atoms with Crippen molar-refractivity contribution >= 4 is 6.09 Å². The minimum Gasteiger partial charge on any atom is -0.481 e. The molecule has 1 aromatic heterocycles. The number of hydrogen-bond acceptors (Lipinski definition) is 4. The van der Waals surface area contributed by atoms with E-state index in [0.717, 1.165) is 24.3 Å². The zero-order chi connectivity index (χ0) is 21.3. The van der Waals surface area contributed by atoms with Crippen LogP contribution in [-0.2, 0) is 4.74 Å². The van der Waals surface area contributed by atoms with E-state index in [0.29, 0.717) is 0 Å². The summed E-state index contributed by atoms with van der Waals surface area (Å²) < 4.78 is 78.5. The van der Waals surface area contributed by atoms with Crippen LogP contribution in [0.15, 0.2) is 12.3 Å². The average Bonchev–Trinajstić information content (AvgIpc) is 2.58. The number of amides is 1. The highest BCUT2D eigenvalue weighted by molar-refractivity contribution is 5.68. The molecule has 0 aliphatic carbocycles. The second kappa shape index (κ2) is 8.08. The summed E-state index contributed by atoms with van der Waals surface area (Å²) in [7, 11) is 1.11. The fourth-order valence-corrected chi connectivity index (χ4v) is 2.93. The molecule has 2 rings (SSSR count). The number of ether oxygens (including phenoxy) is 2. The van der Waals surface area contributed by atoms with Crippen LogP contribution in [0.2, 0.25) is 0 Å². The van der Waals surface area contributed by atoms with E-state index in [4.69, 9.17) is 9.47 Å². The van der Waals surface area contributed by atoms with Gasteiger partial charge in [-0.25, -0.2) is 31.7 Å². The summed E-state index contributed by atoms with van der Waals surface area (Å²) in [5.74, 6) is -5.18. The molecule has 0 spiro atoms. The lowest BCUT2D eigenvalue weighted by molar-refractivity contribution is -0.0772. The third kappa shape index (κ3) is 5.02. The zero-order valence-electron chi connectivity index (χ0n) is 16.0. The Morgan fingerprint density at radius 3 is 2.50 bits per heavy atom. The number of likely N-dealkylation sites (tertiary alicyclic amines) is 1. The molecule has 1 aromatic rings. The van der Waals surface area contributed by atoms with E-state index in [9.17, 15) is 26.7 Å². The SMILES string of the molecule is COc1ncc(C2CN(C(=O)OC(C)(C)C)CCC2(F)F)cc1C(F)C(F)F. The van der Waals surface area contributed by atoms with E-state index in [1.165, 1.54) is 0 Å². The van der Waals surface area contributed by atoms with Crippen molar-refractivity contribution < 1.29 is 36.2 Å².